The third-order valence-electron chi connectivity index (χ3n) is 7.22. The van der Waals surface area contributed by atoms with E-state index in [0.29, 0.717) is 12.4 Å². The number of fused-ring (bicyclic) bond motifs is 2. The predicted molar refractivity (Wildman–Crippen MR) is 124 cm³/mol. The van der Waals surface area contributed by atoms with E-state index in [2.05, 4.69) is 27.1 Å². The van der Waals surface area contributed by atoms with Crippen LogP contribution in [0.1, 0.15) is 51.1 Å². The van der Waals surface area contributed by atoms with Crippen LogP contribution < -0.4 is 11.1 Å². The third-order valence-corrected chi connectivity index (χ3v) is 8.50. The van der Waals surface area contributed by atoms with Crippen LogP contribution in [0.15, 0.2) is 23.2 Å². The minimum Gasteiger partial charge on any atom is -0.383 e. The molecule has 8 heteroatoms. The molecule has 1 saturated carbocycles. The highest BCUT2D eigenvalue weighted by molar-refractivity contribution is 7.99. The third kappa shape index (κ3) is 3.90. The van der Waals surface area contributed by atoms with E-state index in [0.717, 1.165) is 60.3 Å². The van der Waals surface area contributed by atoms with Gasteiger partial charge in [-0.15, -0.1) is 11.8 Å². The van der Waals surface area contributed by atoms with Gasteiger partial charge < -0.3 is 16.0 Å². The van der Waals surface area contributed by atoms with Crippen LogP contribution in [0.3, 0.4) is 0 Å². The molecule has 2 aromatic heterocycles. The first kappa shape index (κ1) is 20.7. The van der Waals surface area contributed by atoms with Gasteiger partial charge in [-0.25, -0.2) is 9.78 Å². The number of likely N-dealkylation sites (tertiary alicyclic amines) is 1. The Morgan fingerprint density at radius 1 is 1.29 bits per heavy atom. The summed E-state index contributed by atoms with van der Waals surface area (Å²) in [7, 11) is 0. The highest BCUT2D eigenvalue weighted by Crippen LogP contribution is 2.44. The molecule has 3 N–H and O–H groups in total. The summed E-state index contributed by atoms with van der Waals surface area (Å²) in [5.41, 5.74) is 9.45. The van der Waals surface area contributed by atoms with Crippen LogP contribution in [0.5, 0.6) is 0 Å². The van der Waals surface area contributed by atoms with Crippen molar-refractivity contribution in [1.82, 2.24) is 25.0 Å². The van der Waals surface area contributed by atoms with Crippen molar-refractivity contribution in [2.75, 3.05) is 31.1 Å². The maximum atomic E-state index is 12.3. The van der Waals surface area contributed by atoms with Crippen LogP contribution in [0.25, 0.3) is 11.3 Å². The maximum Gasteiger partial charge on any atom is 0.317 e. The first-order valence-electron chi connectivity index (χ1n) is 11.6. The Bertz CT molecular complexity index is 969. The van der Waals surface area contributed by atoms with E-state index >= 15 is 0 Å². The zero-order valence-corrected chi connectivity index (χ0v) is 19.1. The Balaban J connectivity index is 1.35. The summed E-state index contributed by atoms with van der Waals surface area (Å²) in [6.07, 6.45) is 9.28. The normalized spacial score (nSPS) is 23.1. The molecule has 0 radical (unpaired) electrons. The summed E-state index contributed by atoms with van der Waals surface area (Å²) < 4.78 is 2.14. The minimum atomic E-state index is 0.0254. The number of anilines is 1. The molecular formula is C23H32N6OS. The smallest absolute Gasteiger partial charge is 0.317 e. The zero-order valence-electron chi connectivity index (χ0n) is 18.3. The van der Waals surface area contributed by atoms with Crippen molar-refractivity contribution in [3.05, 3.63) is 24.0 Å². The van der Waals surface area contributed by atoms with Gasteiger partial charge in [0.15, 0.2) is 0 Å². The van der Waals surface area contributed by atoms with E-state index < -0.39 is 0 Å². The number of rotatable bonds is 5. The number of carbonyl (C=O) groups excluding carboxylic acids is 1. The van der Waals surface area contributed by atoms with Gasteiger partial charge in [0, 0.05) is 54.8 Å². The number of urea groups is 1. The van der Waals surface area contributed by atoms with Crippen LogP contribution in [-0.2, 0) is 12.0 Å². The van der Waals surface area contributed by atoms with Gasteiger partial charge in [0.2, 0.25) is 0 Å². The fourth-order valence-electron chi connectivity index (χ4n) is 5.42. The topological polar surface area (TPSA) is 89.1 Å². The summed E-state index contributed by atoms with van der Waals surface area (Å²) in [6.45, 7) is 5.10. The van der Waals surface area contributed by atoms with Crippen molar-refractivity contribution >= 4 is 23.6 Å². The molecule has 1 spiro atoms. The molecule has 0 unspecified atom stereocenters. The summed E-state index contributed by atoms with van der Waals surface area (Å²) in [5.74, 6) is 2.54. The Morgan fingerprint density at radius 2 is 2.10 bits per heavy atom. The zero-order chi connectivity index (χ0) is 21.4. The highest BCUT2D eigenvalue weighted by atomic mass is 32.2. The molecule has 4 heterocycles. The average Bonchev–Trinajstić information content (AvgIpc) is 3.55. The Labute approximate surface area is 188 Å². The van der Waals surface area contributed by atoms with E-state index in [1.165, 1.54) is 31.4 Å². The van der Waals surface area contributed by atoms with Gasteiger partial charge in [0.1, 0.15) is 5.82 Å². The van der Waals surface area contributed by atoms with Crippen molar-refractivity contribution < 1.29 is 4.79 Å². The van der Waals surface area contributed by atoms with Gasteiger partial charge in [-0.1, -0.05) is 12.8 Å². The number of nitrogens with zero attached hydrogens (tertiary/aromatic N) is 4. The monoisotopic (exact) mass is 440 g/mol. The molecule has 2 amide bonds. The van der Waals surface area contributed by atoms with Gasteiger partial charge in [0.25, 0.3) is 0 Å². The molecule has 1 saturated heterocycles. The maximum absolute atomic E-state index is 12.3. The van der Waals surface area contributed by atoms with E-state index in [9.17, 15) is 4.79 Å². The second-order valence-electron chi connectivity index (χ2n) is 9.24. The average molecular weight is 441 g/mol. The predicted octanol–water partition coefficient (Wildman–Crippen LogP) is 3.89. The van der Waals surface area contributed by atoms with Gasteiger partial charge in [-0.05, 0) is 50.7 Å². The van der Waals surface area contributed by atoms with Crippen molar-refractivity contribution in [1.29, 1.82) is 0 Å². The first-order valence-corrected chi connectivity index (χ1v) is 12.6. The SMILES string of the molecule is CCNC(=O)N1CC[C@@]2(CCn3nc(-c4cnc(N)c(SCC5CCCC5)c4)cc32)C1. The summed E-state index contributed by atoms with van der Waals surface area (Å²) in [4.78, 5) is 19.8. The lowest BCUT2D eigenvalue weighted by molar-refractivity contribution is 0.206. The molecule has 1 atom stereocenters. The second kappa shape index (κ2) is 8.37. The molecular weight excluding hydrogens is 408 g/mol. The van der Waals surface area contributed by atoms with Gasteiger partial charge in [-0.2, -0.15) is 5.10 Å². The number of nitrogens with one attached hydrogen (secondary N) is 1. The van der Waals surface area contributed by atoms with Crippen LogP contribution in [-0.4, -0.2) is 51.1 Å². The fourth-order valence-corrected chi connectivity index (χ4v) is 6.58. The quantitative estimate of drug-likeness (QED) is 0.689. The number of nitrogen functional groups attached to an aromatic ring is 1. The molecule has 0 bridgehead atoms. The summed E-state index contributed by atoms with van der Waals surface area (Å²) >= 11 is 1.84. The lowest BCUT2D eigenvalue weighted by Gasteiger charge is -2.23. The molecule has 7 nitrogen and oxygen atoms in total. The van der Waals surface area contributed by atoms with E-state index in [4.69, 9.17) is 10.8 Å². The number of thioether (sulfide) groups is 1. The molecule has 0 aromatic carbocycles. The number of carbonyl (C=O) groups is 1. The first-order chi connectivity index (χ1) is 15.1. The van der Waals surface area contributed by atoms with Gasteiger partial charge >= 0.3 is 6.03 Å². The molecule has 2 aliphatic heterocycles. The number of aromatic nitrogens is 3. The number of pyridine rings is 1. The van der Waals surface area contributed by atoms with Gasteiger partial charge in [0.05, 0.1) is 10.6 Å². The number of aryl methyl sites for hydroxylation is 1. The van der Waals surface area contributed by atoms with Crippen molar-refractivity contribution in [3.63, 3.8) is 0 Å². The van der Waals surface area contributed by atoms with E-state index in [-0.39, 0.29) is 11.4 Å². The highest BCUT2D eigenvalue weighted by Gasteiger charge is 2.46. The summed E-state index contributed by atoms with van der Waals surface area (Å²) in [6, 6.07) is 4.42. The molecule has 3 aliphatic rings. The number of hydrogen-bond acceptors (Lipinski definition) is 5. The standard InChI is InChI=1S/C23H32N6OS/c1-2-25-22(30)28-9-7-23(15-28)8-10-29-20(23)12-18(27-29)17-11-19(21(24)26-13-17)31-14-16-5-3-4-6-16/h11-13,16H,2-10,14-15H2,1H3,(H2,24,26)(H,25,30)/t23-/m1/s1. The molecule has 31 heavy (non-hydrogen) atoms. The lowest BCUT2D eigenvalue weighted by Crippen LogP contribution is -2.40. The van der Waals surface area contributed by atoms with Crippen molar-refractivity contribution in [2.24, 2.45) is 5.92 Å². The molecule has 5 rings (SSSR count). The largest absolute Gasteiger partial charge is 0.383 e. The minimum absolute atomic E-state index is 0.0254. The van der Waals surface area contributed by atoms with E-state index in [1.54, 1.807) is 0 Å². The molecule has 2 aromatic rings. The van der Waals surface area contributed by atoms with Crippen LogP contribution in [0.2, 0.25) is 0 Å². The van der Waals surface area contributed by atoms with Crippen molar-refractivity contribution in [3.8, 4) is 11.3 Å². The van der Waals surface area contributed by atoms with Crippen LogP contribution in [0.4, 0.5) is 10.6 Å². The Kier molecular flexibility index (Phi) is 5.58. The van der Waals surface area contributed by atoms with Crippen molar-refractivity contribution in [2.45, 2.75) is 62.3 Å². The lowest BCUT2D eigenvalue weighted by atomic mass is 9.82. The fraction of sp³-hybridized carbons (Fsp3) is 0.609. The second-order valence-corrected chi connectivity index (χ2v) is 10.3. The summed E-state index contributed by atoms with van der Waals surface area (Å²) in [5, 5.41) is 7.84. The van der Waals surface area contributed by atoms with E-state index in [1.807, 2.05) is 29.8 Å². The van der Waals surface area contributed by atoms with Gasteiger partial charge in [-0.3, -0.25) is 4.68 Å². The van der Waals surface area contributed by atoms with Crippen LogP contribution in [0, 0.1) is 5.92 Å². The van der Waals surface area contributed by atoms with Crippen LogP contribution >= 0.6 is 11.8 Å². The molecule has 166 valence electrons. The molecule has 2 fully saturated rings. The molecule has 1 aliphatic carbocycles. The number of nitrogens with two attached hydrogens (primary N) is 1. The number of amides is 2. The Morgan fingerprint density at radius 3 is 2.90 bits per heavy atom. The number of hydrogen-bond donors (Lipinski definition) is 2. The Hall–Kier alpha value is -2.22.